The zero-order chi connectivity index (χ0) is 21.0. The number of nitrogens with one attached hydrogen (secondary N) is 2. The standard InChI is InChI=1S/C21H27N5O3/c1-5-6-7-17-18(19(27)22-14-8-9-14)24-25-26(17)16-12-10-15(11-13-16)23-20(28)29-21(2,3)4/h5,10-14H,1,6-9H2,2-4H3,(H,22,27)(H,23,28). The molecule has 0 bridgehead atoms. The number of nitrogens with zero attached hydrogens (tertiary/aromatic N) is 3. The monoisotopic (exact) mass is 397 g/mol. The molecule has 1 aromatic carbocycles. The molecule has 1 aliphatic carbocycles. The molecule has 0 atom stereocenters. The topological polar surface area (TPSA) is 98.1 Å². The van der Waals surface area contributed by atoms with Gasteiger partial charge in [-0.15, -0.1) is 11.7 Å². The van der Waals surface area contributed by atoms with Crippen LogP contribution in [0.3, 0.4) is 0 Å². The zero-order valence-electron chi connectivity index (χ0n) is 17.1. The van der Waals surface area contributed by atoms with Gasteiger partial charge in [-0.1, -0.05) is 11.3 Å². The van der Waals surface area contributed by atoms with Crippen LogP contribution >= 0.6 is 0 Å². The number of benzene rings is 1. The fourth-order valence-electron chi connectivity index (χ4n) is 2.74. The highest BCUT2D eigenvalue weighted by molar-refractivity contribution is 5.93. The van der Waals surface area contributed by atoms with Gasteiger partial charge in [0.1, 0.15) is 5.60 Å². The molecule has 2 aromatic rings. The number of carbonyl (C=O) groups excluding carboxylic acids is 2. The van der Waals surface area contributed by atoms with Crippen LogP contribution in [0.2, 0.25) is 0 Å². The van der Waals surface area contributed by atoms with Crippen LogP contribution in [0.4, 0.5) is 10.5 Å². The van der Waals surface area contributed by atoms with E-state index in [0.29, 0.717) is 24.2 Å². The molecule has 2 amide bonds. The molecule has 0 unspecified atom stereocenters. The van der Waals surface area contributed by atoms with Crippen molar-refractivity contribution in [1.82, 2.24) is 20.3 Å². The first kappa shape index (κ1) is 20.6. The number of anilines is 1. The van der Waals surface area contributed by atoms with Crippen LogP contribution < -0.4 is 10.6 Å². The highest BCUT2D eigenvalue weighted by Gasteiger charge is 2.27. The normalized spacial score (nSPS) is 13.6. The van der Waals surface area contributed by atoms with Gasteiger partial charge >= 0.3 is 6.09 Å². The van der Waals surface area contributed by atoms with Crippen LogP contribution in [0.5, 0.6) is 0 Å². The summed E-state index contributed by atoms with van der Waals surface area (Å²) in [6.45, 7) is 9.18. The number of amides is 2. The van der Waals surface area contributed by atoms with Crippen molar-refractivity contribution in [2.24, 2.45) is 0 Å². The predicted octanol–water partition coefficient (Wildman–Crippen LogP) is 3.63. The Morgan fingerprint density at radius 1 is 1.28 bits per heavy atom. The van der Waals surface area contributed by atoms with Crippen molar-refractivity contribution in [1.29, 1.82) is 0 Å². The summed E-state index contributed by atoms with van der Waals surface area (Å²) in [5.74, 6) is -0.193. The summed E-state index contributed by atoms with van der Waals surface area (Å²) >= 11 is 0. The van der Waals surface area contributed by atoms with Crippen molar-refractivity contribution in [3.05, 3.63) is 48.3 Å². The molecule has 3 rings (SSSR count). The highest BCUT2D eigenvalue weighted by atomic mass is 16.6. The number of hydrogen-bond donors (Lipinski definition) is 2. The average molecular weight is 397 g/mol. The maximum atomic E-state index is 12.5. The first-order valence-electron chi connectivity index (χ1n) is 9.73. The number of rotatable bonds is 7. The number of carbonyl (C=O) groups is 2. The second-order valence-corrected chi connectivity index (χ2v) is 8.05. The molecule has 1 saturated carbocycles. The lowest BCUT2D eigenvalue weighted by molar-refractivity contribution is 0.0635. The molecular weight excluding hydrogens is 370 g/mol. The summed E-state index contributed by atoms with van der Waals surface area (Å²) in [4.78, 5) is 24.4. The quantitative estimate of drug-likeness (QED) is 0.695. The molecule has 154 valence electrons. The van der Waals surface area contributed by atoms with E-state index in [2.05, 4.69) is 27.5 Å². The lowest BCUT2D eigenvalue weighted by Crippen LogP contribution is -2.27. The Labute approximate surface area is 170 Å². The van der Waals surface area contributed by atoms with Gasteiger partial charge in [-0.25, -0.2) is 9.48 Å². The van der Waals surface area contributed by atoms with Crippen molar-refractivity contribution in [3.63, 3.8) is 0 Å². The Morgan fingerprint density at radius 2 is 1.97 bits per heavy atom. The van der Waals surface area contributed by atoms with E-state index in [1.165, 1.54) is 0 Å². The predicted molar refractivity (Wildman–Crippen MR) is 110 cm³/mol. The number of hydrogen-bond acceptors (Lipinski definition) is 5. The van der Waals surface area contributed by atoms with Gasteiger partial charge in [0.25, 0.3) is 5.91 Å². The fourth-order valence-corrected chi connectivity index (χ4v) is 2.74. The summed E-state index contributed by atoms with van der Waals surface area (Å²) in [5, 5.41) is 14.0. The zero-order valence-corrected chi connectivity index (χ0v) is 17.1. The molecule has 0 aliphatic heterocycles. The van der Waals surface area contributed by atoms with Crippen molar-refractivity contribution in [2.75, 3.05) is 5.32 Å². The van der Waals surface area contributed by atoms with Crippen molar-refractivity contribution >= 4 is 17.7 Å². The van der Waals surface area contributed by atoms with E-state index < -0.39 is 11.7 Å². The maximum Gasteiger partial charge on any atom is 0.412 e. The van der Waals surface area contributed by atoms with E-state index in [0.717, 1.165) is 24.2 Å². The molecule has 0 radical (unpaired) electrons. The molecule has 1 aliphatic rings. The van der Waals surface area contributed by atoms with Gasteiger partial charge in [0.05, 0.1) is 11.4 Å². The van der Waals surface area contributed by atoms with E-state index >= 15 is 0 Å². The second-order valence-electron chi connectivity index (χ2n) is 8.05. The highest BCUT2D eigenvalue weighted by Crippen LogP contribution is 2.22. The van der Waals surface area contributed by atoms with Crippen LogP contribution in [0, 0.1) is 0 Å². The van der Waals surface area contributed by atoms with Gasteiger partial charge in [0.2, 0.25) is 0 Å². The van der Waals surface area contributed by atoms with E-state index in [1.807, 2.05) is 20.8 Å². The number of ether oxygens (including phenoxy) is 1. The molecule has 29 heavy (non-hydrogen) atoms. The molecule has 0 saturated heterocycles. The molecule has 8 nitrogen and oxygen atoms in total. The molecule has 2 N–H and O–H groups in total. The van der Waals surface area contributed by atoms with Gasteiger partial charge in [-0.2, -0.15) is 0 Å². The minimum atomic E-state index is -0.567. The van der Waals surface area contributed by atoms with Crippen LogP contribution in [0.15, 0.2) is 36.9 Å². The van der Waals surface area contributed by atoms with Crippen molar-refractivity contribution in [3.8, 4) is 5.69 Å². The molecule has 8 heteroatoms. The average Bonchev–Trinajstić information content (AvgIpc) is 3.35. The van der Waals surface area contributed by atoms with Crippen LogP contribution in [-0.2, 0) is 11.2 Å². The van der Waals surface area contributed by atoms with E-state index in [4.69, 9.17) is 4.74 Å². The van der Waals surface area contributed by atoms with Crippen LogP contribution in [-0.4, -0.2) is 38.6 Å². The van der Waals surface area contributed by atoms with Crippen molar-refractivity contribution in [2.45, 2.75) is 58.1 Å². The molecular formula is C21H27N5O3. The Morgan fingerprint density at radius 3 is 2.55 bits per heavy atom. The summed E-state index contributed by atoms with van der Waals surface area (Å²) in [6, 6.07) is 7.37. The maximum absolute atomic E-state index is 12.5. The third-order valence-corrected chi connectivity index (χ3v) is 4.23. The summed E-state index contributed by atoms with van der Waals surface area (Å²) in [5.41, 5.74) is 1.85. The minimum Gasteiger partial charge on any atom is -0.444 e. The smallest absolute Gasteiger partial charge is 0.412 e. The van der Waals surface area contributed by atoms with E-state index in [1.54, 1.807) is 35.0 Å². The minimum absolute atomic E-state index is 0.193. The van der Waals surface area contributed by atoms with Gasteiger partial charge in [0.15, 0.2) is 5.69 Å². The first-order chi connectivity index (χ1) is 13.8. The number of allylic oxidation sites excluding steroid dienone is 1. The Balaban J connectivity index is 1.78. The molecule has 0 spiro atoms. The summed E-state index contributed by atoms with van der Waals surface area (Å²) < 4.78 is 6.91. The third kappa shape index (κ3) is 5.66. The SMILES string of the molecule is C=CCCc1c(C(=O)NC2CC2)nnn1-c1ccc(NC(=O)OC(C)(C)C)cc1. The molecule has 1 heterocycles. The lowest BCUT2D eigenvalue weighted by atomic mass is 10.1. The molecule has 1 fully saturated rings. The van der Waals surface area contributed by atoms with Crippen molar-refractivity contribution < 1.29 is 14.3 Å². The molecule has 1 aromatic heterocycles. The van der Waals surface area contributed by atoms with Gasteiger partial charge in [0, 0.05) is 11.7 Å². The summed E-state index contributed by atoms with van der Waals surface area (Å²) in [7, 11) is 0. The Hall–Kier alpha value is -3.16. The largest absolute Gasteiger partial charge is 0.444 e. The van der Waals surface area contributed by atoms with Crippen LogP contribution in [0.25, 0.3) is 5.69 Å². The Bertz CT molecular complexity index is 892. The number of aromatic nitrogens is 3. The van der Waals surface area contributed by atoms with Crippen LogP contribution in [0.1, 0.15) is 56.2 Å². The fraction of sp³-hybridized carbons (Fsp3) is 0.429. The van der Waals surface area contributed by atoms with Gasteiger partial charge in [-0.3, -0.25) is 10.1 Å². The third-order valence-electron chi connectivity index (χ3n) is 4.23. The van der Waals surface area contributed by atoms with Gasteiger partial charge < -0.3 is 10.1 Å². The van der Waals surface area contributed by atoms with E-state index in [9.17, 15) is 9.59 Å². The lowest BCUT2D eigenvalue weighted by Gasteiger charge is -2.19. The summed E-state index contributed by atoms with van der Waals surface area (Å²) in [6.07, 6.45) is 4.60. The van der Waals surface area contributed by atoms with E-state index in [-0.39, 0.29) is 11.9 Å². The van der Waals surface area contributed by atoms with Gasteiger partial charge in [-0.05, 0) is 70.7 Å². The first-order valence-corrected chi connectivity index (χ1v) is 9.73. The Kier molecular flexibility index (Phi) is 6.00. The second kappa shape index (κ2) is 8.46.